The van der Waals surface area contributed by atoms with Crippen molar-refractivity contribution in [3.05, 3.63) is 71.8 Å². The van der Waals surface area contributed by atoms with Gasteiger partial charge in [-0.15, -0.1) is 0 Å². The van der Waals surface area contributed by atoms with E-state index in [9.17, 15) is 43.5 Å². The van der Waals surface area contributed by atoms with E-state index in [1.807, 2.05) is 72.9 Å². The van der Waals surface area contributed by atoms with E-state index in [1.165, 1.54) is 0 Å². The second-order valence-electron chi connectivity index (χ2n) is 13.6. The fraction of sp³-hybridized carbons (Fsp3) is 0.500. The van der Waals surface area contributed by atoms with Crippen LogP contribution in [0.4, 0.5) is 4.79 Å². The van der Waals surface area contributed by atoms with Crippen molar-refractivity contribution in [1.82, 2.24) is 31.9 Å². The summed E-state index contributed by atoms with van der Waals surface area (Å²) in [6.07, 6.45) is 3.49. The minimum absolute atomic E-state index is 0.190. The quantitative estimate of drug-likeness (QED) is 0.0564. The number of hydrogen-bond acceptors (Lipinski definition) is 8. The number of hydrogen-bond donors (Lipinski definition) is 9. The molecule has 2 rings (SSSR count). The molecule has 57 heavy (non-hydrogen) atoms. The molecular formula is C40H56N6O11. The van der Waals surface area contributed by atoms with E-state index in [0.29, 0.717) is 32.4 Å². The summed E-state index contributed by atoms with van der Waals surface area (Å²) in [5, 5.41) is 42.7. The Kier molecular flexibility index (Phi) is 22.1. The zero-order valence-electron chi connectivity index (χ0n) is 32.3. The molecule has 0 spiro atoms. The maximum absolute atomic E-state index is 13.6. The van der Waals surface area contributed by atoms with E-state index in [-0.39, 0.29) is 37.5 Å². The molecule has 0 aliphatic heterocycles. The number of carbonyl (C=O) groups excluding carboxylic acids is 5. The van der Waals surface area contributed by atoms with Gasteiger partial charge in [0.05, 0.1) is 0 Å². The van der Waals surface area contributed by atoms with Gasteiger partial charge in [0.1, 0.15) is 24.2 Å². The molecule has 0 fully saturated rings. The number of rotatable bonds is 28. The Bertz CT molecular complexity index is 1610. The topological polar surface area (TPSA) is 269 Å². The lowest BCUT2D eigenvalue weighted by molar-refractivity contribution is -0.141. The Balaban J connectivity index is 1.77. The van der Waals surface area contributed by atoms with Gasteiger partial charge in [0.25, 0.3) is 0 Å². The van der Waals surface area contributed by atoms with Crippen LogP contribution in [0.3, 0.4) is 0 Å². The molecule has 0 saturated carbocycles. The highest BCUT2D eigenvalue weighted by Gasteiger charge is 2.28. The van der Waals surface area contributed by atoms with E-state index in [4.69, 9.17) is 10.2 Å². The van der Waals surface area contributed by atoms with Gasteiger partial charge >= 0.3 is 23.9 Å². The number of aliphatic carboxylic acids is 3. The number of carbonyl (C=O) groups is 8. The summed E-state index contributed by atoms with van der Waals surface area (Å²) in [5.74, 6) is -5.66. The molecule has 0 saturated heterocycles. The van der Waals surface area contributed by atoms with Crippen LogP contribution in [0.5, 0.6) is 0 Å². The number of benzene rings is 2. The first-order valence-electron chi connectivity index (χ1n) is 19.2. The summed E-state index contributed by atoms with van der Waals surface area (Å²) in [5.41, 5.74) is 1.73. The lowest BCUT2D eigenvalue weighted by atomic mass is 10.0. The van der Waals surface area contributed by atoms with Gasteiger partial charge in [0.15, 0.2) is 0 Å². The van der Waals surface area contributed by atoms with Crippen LogP contribution in [0.1, 0.15) is 88.7 Å². The van der Waals surface area contributed by atoms with Crippen LogP contribution in [-0.2, 0) is 46.4 Å². The average molecular weight is 797 g/mol. The molecule has 0 aliphatic carbocycles. The average Bonchev–Trinajstić information content (AvgIpc) is 3.18. The Morgan fingerprint density at radius 1 is 0.509 bits per heavy atom. The van der Waals surface area contributed by atoms with Crippen molar-refractivity contribution < 1.29 is 53.7 Å². The van der Waals surface area contributed by atoms with Gasteiger partial charge in [0, 0.05) is 45.2 Å². The van der Waals surface area contributed by atoms with Gasteiger partial charge in [-0.3, -0.25) is 24.0 Å². The van der Waals surface area contributed by atoms with Crippen molar-refractivity contribution in [2.24, 2.45) is 0 Å². The lowest BCUT2D eigenvalue weighted by Crippen LogP contribution is -2.55. The largest absolute Gasteiger partial charge is 0.481 e. The Morgan fingerprint density at radius 2 is 1.02 bits per heavy atom. The van der Waals surface area contributed by atoms with E-state index >= 15 is 0 Å². The molecule has 0 heterocycles. The molecule has 6 amide bonds. The number of carboxylic acid groups (broad SMARTS) is 3. The predicted molar refractivity (Wildman–Crippen MR) is 209 cm³/mol. The molecule has 2 aromatic rings. The zero-order valence-corrected chi connectivity index (χ0v) is 32.3. The summed E-state index contributed by atoms with van der Waals surface area (Å²) in [4.78, 5) is 97.7. The molecule has 9 N–H and O–H groups in total. The molecular weight excluding hydrogens is 740 g/mol. The lowest BCUT2D eigenvalue weighted by Gasteiger charge is -2.23. The number of urea groups is 1. The smallest absolute Gasteiger partial charge is 0.326 e. The number of carboxylic acids is 3. The number of amides is 6. The Morgan fingerprint density at radius 3 is 1.54 bits per heavy atom. The highest BCUT2D eigenvalue weighted by atomic mass is 16.4. The van der Waals surface area contributed by atoms with Gasteiger partial charge in [-0.1, -0.05) is 86.8 Å². The SMILES string of the molecule is CCCNC(=O)[C@H](Cc1ccccc1)NC(=O)[C@H](Cc1ccccc1)NC(=O)CCCCCCCNC(=O)CCC(NC(=O)NC(CCC(=O)O)C(=O)O)C(=O)O. The Hall–Kier alpha value is -6.00. The van der Waals surface area contributed by atoms with Crippen LogP contribution in [0.15, 0.2) is 60.7 Å². The first-order chi connectivity index (χ1) is 27.3. The summed E-state index contributed by atoms with van der Waals surface area (Å²) in [6, 6.07) is 12.8. The standard InChI is InChI=1S/C40H56N6O11/c1-2-23-42-36(51)31(25-27-14-8-6-9-15-27)44-37(52)32(26-28-16-10-7-11-17-28)43-34(48)18-12-4-3-5-13-24-41-33(47)21-19-29(38(53)54)45-40(57)46-30(39(55)56)20-22-35(49)50/h6-11,14-17,29-32H,2-5,12-13,18-26H2,1H3,(H,41,47)(H,42,51)(H,43,48)(H,44,52)(H,49,50)(H,53,54)(H,55,56)(H2,45,46,57)/t29?,30?,31-,32-/m0/s1. The zero-order chi connectivity index (χ0) is 42.0. The van der Waals surface area contributed by atoms with Crippen LogP contribution in [0, 0.1) is 0 Å². The van der Waals surface area contributed by atoms with Crippen LogP contribution < -0.4 is 31.9 Å². The summed E-state index contributed by atoms with van der Waals surface area (Å²) in [7, 11) is 0. The van der Waals surface area contributed by atoms with Crippen molar-refractivity contribution in [1.29, 1.82) is 0 Å². The highest BCUT2D eigenvalue weighted by Crippen LogP contribution is 2.10. The van der Waals surface area contributed by atoms with Crippen LogP contribution >= 0.6 is 0 Å². The second kappa shape index (κ2) is 26.7. The predicted octanol–water partition coefficient (Wildman–Crippen LogP) is 2.28. The monoisotopic (exact) mass is 796 g/mol. The normalized spacial score (nSPS) is 12.8. The fourth-order valence-corrected chi connectivity index (χ4v) is 5.70. The van der Waals surface area contributed by atoms with Crippen molar-refractivity contribution in [2.75, 3.05) is 13.1 Å². The molecule has 17 heteroatoms. The van der Waals surface area contributed by atoms with Crippen molar-refractivity contribution >= 4 is 47.6 Å². The van der Waals surface area contributed by atoms with E-state index in [0.717, 1.165) is 36.8 Å². The van der Waals surface area contributed by atoms with Crippen LogP contribution in [0.25, 0.3) is 0 Å². The number of nitrogens with one attached hydrogen (secondary N) is 6. The third-order valence-electron chi connectivity index (χ3n) is 8.82. The van der Waals surface area contributed by atoms with E-state index < -0.39 is 72.8 Å². The van der Waals surface area contributed by atoms with Gasteiger partial charge < -0.3 is 47.2 Å². The molecule has 0 bridgehead atoms. The van der Waals surface area contributed by atoms with Crippen LogP contribution in [0.2, 0.25) is 0 Å². The summed E-state index contributed by atoms with van der Waals surface area (Å²) >= 11 is 0. The van der Waals surface area contributed by atoms with Crippen LogP contribution in [-0.4, -0.2) is 100 Å². The second-order valence-corrected chi connectivity index (χ2v) is 13.6. The molecule has 312 valence electrons. The maximum atomic E-state index is 13.6. The molecule has 2 aromatic carbocycles. The molecule has 2 unspecified atom stereocenters. The van der Waals surface area contributed by atoms with Crippen molar-refractivity contribution in [3.63, 3.8) is 0 Å². The molecule has 0 aromatic heterocycles. The van der Waals surface area contributed by atoms with Crippen molar-refractivity contribution in [2.45, 2.75) is 115 Å². The molecule has 4 atom stereocenters. The molecule has 0 radical (unpaired) electrons. The molecule has 17 nitrogen and oxygen atoms in total. The van der Waals surface area contributed by atoms with E-state index in [2.05, 4.69) is 26.6 Å². The Labute approximate surface area is 332 Å². The van der Waals surface area contributed by atoms with Gasteiger partial charge in [-0.2, -0.15) is 0 Å². The third-order valence-corrected chi connectivity index (χ3v) is 8.82. The number of unbranched alkanes of at least 4 members (excludes halogenated alkanes) is 4. The van der Waals surface area contributed by atoms with Gasteiger partial charge in [0.2, 0.25) is 23.6 Å². The first-order valence-corrected chi connectivity index (χ1v) is 19.2. The first kappa shape index (κ1) is 47.2. The minimum atomic E-state index is -1.54. The fourth-order valence-electron chi connectivity index (χ4n) is 5.70. The maximum Gasteiger partial charge on any atom is 0.326 e. The van der Waals surface area contributed by atoms with Crippen molar-refractivity contribution in [3.8, 4) is 0 Å². The summed E-state index contributed by atoms with van der Waals surface area (Å²) < 4.78 is 0. The van der Waals surface area contributed by atoms with Gasteiger partial charge in [-0.05, 0) is 43.2 Å². The third kappa shape index (κ3) is 20.5. The highest BCUT2D eigenvalue weighted by molar-refractivity contribution is 5.92. The minimum Gasteiger partial charge on any atom is -0.481 e. The van der Waals surface area contributed by atoms with Gasteiger partial charge in [-0.25, -0.2) is 14.4 Å². The van der Waals surface area contributed by atoms with E-state index in [1.54, 1.807) is 0 Å². The molecule has 0 aliphatic rings. The summed E-state index contributed by atoms with van der Waals surface area (Å²) in [6.45, 7) is 2.73.